The van der Waals surface area contributed by atoms with Gasteiger partial charge in [-0.2, -0.15) is 4.41 Å². The fourth-order valence-corrected chi connectivity index (χ4v) is 3.62. The molecular weight excluding hydrogens is 414 g/mol. The van der Waals surface area contributed by atoms with Crippen molar-refractivity contribution in [2.24, 2.45) is 0 Å². The summed E-state index contributed by atoms with van der Waals surface area (Å²) in [4.78, 5) is 39.3. The zero-order chi connectivity index (χ0) is 23.0. The first-order valence-electron chi connectivity index (χ1n) is 10.2. The Bertz CT molecular complexity index is 745. The number of benzene rings is 1. The van der Waals surface area contributed by atoms with Crippen molar-refractivity contribution in [2.45, 2.75) is 46.1 Å². The normalized spacial score (nSPS) is 14.2. The van der Waals surface area contributed by atoms with Crippen LogP contribution in [0.15, 0.2) is 30.3 Å². The van der Waals surface area contributed by atoms with Crippen LogP contribution in [0.5, 0.6) is 0 Å². The maximum Gasteiger partial charge on any atom is 0.420 e. The number of ether oxygens (including phenoxy) is 1. The van der Waals surface area contributed by atoms with Crippen molar-refractivity contribution in [3.8, 4) is 0 Å². The van der Waals surface area contributed by atoms with Crippen molar-refractivity contribution >= 4 is 30.0 Å². The highest BCUT2D eigenvalue weighted by molar-refractivity contribution is 7.95. The van der Waals surface area contributed by atoms with Crippen LogP contribution in [0, 0.1) is 31.6 Å². The molecule has 0 saturated heterocycles. The quantitative estimate of drug-likeness (QED) is 0.352. The largest absolute Gasteiger partial charge is 0.449 e. The first-order chi connectivity index (χ1) is 14.7. The number of rotatable bonds is 7. The lowest BCUT2D eigenvalue weighted by Gasteiger charge is -2.43. The Labute approximate surface area is 190 Å². The first kappa shape index (κ1) is 25.0. The standard InChI is InChI=1S/C23H30N3O4S/c1-6-7-17-30-22(29)24(5)31-26(21(28)19-15-11-12-16-19)25(23(2,3)4)20(27)18-13-9-8-10-14-18/h8-16H,6-7,17H2,1-5H3. The molecule has 0 aliphatic heterocycles. The molecule has 5 radical (unpaired) electrons. The van der Waals surface area contributed by atoms with Crippen molar-refractivity contribution < 1.29 is 19.1 Å². The fourth-order valence-electron chi connectivity index (χ4n) is 2.70. The Hall–Kier alpha value is -2.22. The summed E-state index contributed by atoms with van der Waals surface area (Å²) < 4.78 is 7.69. The average molecular weight is 445 g/mol. The topological polar surface area (TPSA) is 70.2 Å². The van der Waals surface area contributed by atoms with E-state index in [1.807, 2.05) is 33.8 Å². The minimum atomic E-state index is -0.755. The number of unbranched alkanes of at least 4 members (excludes halogenated alkanes) is 1. The van der Waals surface area contributed by atoms with Gasteiger partial charge in [0.05, 0.1) is 18.1 Å². The smallest absolute Gasteiger partial charge is 0.420 e. The van der Waals surface area contributed by atoms with Crippen molar-refractivity contribution in [1.29, 1.82) is 0 Å². The highest BCUT2D eigenvalue weighted by Crippen LogP contribution is 2.33. The van der Waals surface area contributed by atoms with E-state index >= 15 is 0 Å². The number of hydrogen-bond acceptors (Lipinski definition) is 5. The molecule has 31 heavy (non-hydrogen) atoms. The minimum absolute atomic E-state index is 0.295. The van der Waals surface area contributed by atoms with E-state index in [0.29, 0.717) is 18.1 Å². The Kier molecular flexibility index (Phi) is 9.22. The number of hydrazine groups is 1. The summed E-state index contributed by atoms with van der Waals surface area (Å²) in [6, 6.07) is 8.74. The van der Waals surface area contributed by atoms with Crippen LogP contribution in [0.1, 0.15) is 50.9 Å². The maximum absolute atomic E-state index is 13.5. The van der Waals surface area contributed by atoms with Gasteiger partial charge >= 0.3 is 6.09 Å². The molecule has 1 aromatic carbocycles. The molecular formula is C23H30N3O4S. The van der Waals surface area contributed by atoms with Crippen LogP contribution in [-0.2, 0) is 9.53 Å². The predicted octanol–water partition coefficient (Wildman–Crippen LogP) is 4.51. The fraction of sp³-hybridized carbons (Fsp3) is 0.391. The van der Waals surface area contributed by atoms with Crippen LogP contribution in [0.2, 0.25) is 0 Å². The molecule has 0 heterocycles. The predicted molar refractivity (Wildman–Crippen MR) is 121 cm³/mol. The molecule has 0 spiro atoms. The van der Waals surface area contributed by atoms with Gasteiger partial charge in [0.25, 0.3) is 11.8 Å². The minimum Gasteiger partial charge on any atom is -0.449 e. The van der Waals surface area contributed by atoms with E-state index in [9.17, 15) is 14.4 Å². The summed E-state index contributed by atoms with van der Waals surface area (Å²) >= 11 is 0.823. The molecule has 1 saturated carbocycles. The second-order valence-electron chi connectivity index (χ2n) is 7.95. The zero-order valence-electron chi connectivity index (χ0n) is 18.7. The molecule has 1 aliphatic rings. The van der Waals surface area contributed by atoms with E-state index in [0.717, 1.165) is 25.0 Å². The lowest BCUT2D eigenvalue weighted by Crippen LogP contribution is -2.57. The Balaban J connectivity index is 2.34. The lowest BCUT2D eigenvalue weighted by molar-refractivity contribution is -0.135. The van der Waals surface area contributed by atoms with Gasteiger partial charge in [0.15, 0.2) is 0 Å². The van der Waals surface area contributed by atoms with Gasteiger partial charge in [0, 0.05) is 12.6 Å². The maximum atomic E-state index is 13.5. The molecule has 0 atom stereocenters. The third-order valence-electron chi connectivity index (χ3n) is 4.29. The molecule has 167 valence electrons. The molecule has 1 aromatic rings. The van der Waals surface area contributed by atoms with Gasteiger partial charge in [-0.25, -0.2) is 14.1 Å². The molecule has 0 bridgehead atoms. The van der Waals surface area contributed by atoms with Crippen LogP contribution in [-0.4, -0.2) is 50.8 Å². The van der Waals surface area contributed by atoms with E-state index < -0.39 is 17.5 Å². The van der Waals surface area contributed by atoms with Gasteiger partial charge in [-0.15, -0.1) is 0 Å². The monoisotopic (exact) mass is 444 g/mol. The zero-order valence-corrected chi connectivity index (χ0v) is 19.5. The summed E-state index contributed by atoms with van der Waals surface area (Å²) in [5.41, 5.74) is -0.318. The van der Waals surface area contributed by atoms with Gasteiger partial charge in [-0.3, -0.25) is 9.59 Å². The van der Waals surface area contributed by atoms with Gasteiger partial charge in [-0.05, 0) is 65.0 Å². The molecule has 8 heteroatoms. The Morgan fingerprint density at radius 2 is 1.61 bits per heavy atom. The van der Waals surface area contributed by atoms with Crippen LogP contribution in [0.3, 0.4) is 0 Å². The van der Waals surface area contributed by atoms with Crippen molar-refractivity contribution in [3.05, 3.63) is 67.5 Å². The van der Waals surface area contributed by atoms with Crippen LogP contribution >= 0.6 is 12.1 Å². The molecule has 1 aliphatic carbocycles. The summed E-state index contributed by atoms with van der Waals surface area (Å²) in [5.74, 6) is -0.356. The second kappa shape index (κ2) is 11.4. The van der Waals surface area contributed by atoms with E-state index in [1.54, 1.807) is 49.9 Å². The number of carbonyl (C=O) groups excluding carboxylic acids is 3. The van der Waals surface area contributed by atoms with E-state index in [-0.39, 0.29) is 5.91 Å². The molecule has 3 amide bonds. The molecule has 0 aromatic heterocycles. The van der Waals surface area contributed by atoms with Crippen molar-refractivity contribution in [2.75, 3.05) is 13.7 Å². The van der Waals surface area contributed by atoms with Gasteiger partial charge in [0.2, 0.25) is 0 Å². The SMILES string of the molecule is CCCCOC(=O)N(C)SN(C(=O)[C]1[CH][CH][CH][CH]1)N(C(=O)c1ccccc1)C(C)(C)C. The highest BCUT2D eigenvalue weighted by atomic mass is 32.2. The molecule has 0 unspecified atom stereocenters. The summed E-state index contributed by atoms with van der Waals surface area (Å²) in [5, 5.41) is 1.37. The molecule has 0 N–H and O–H groups in total. The van der Waals surface area contributed by atoms with Crippen LogP contribution < -0.4 is 0 Å². The number of nitrogens with zero attached hydrogens (tertiary/aromatic N) is 3. The van der Waals surface area contributed by atoms with E-state index in [2.05, 4.69) is 0 Å². The average Bonchev–Trinajstić information content (AvgIpc) is 3.27. The summed E-state index contributed by atoms with van der Waals surface area (Å²) in [7, 11) is 1.51. The number of carbonyl (C=O) groups is 3. The Morgan fingerprint density at radius 1 is 1.00 bits per heavy atom. The van der Waals surface area contributed by atoms with Gasteiger partial charge < -0.3 is 4.74 Å². The molecule has 2 rings (SSSR count). The third-order valence-corrected chi connectivity index (χ3v) is 5.17. The Morgan fingerprint density at radius 3 is 2.16 bits per heavy atom. The third kappa shape index (κ3) is 6.89. The second-order valence-corrected chi connectivity index (χ2v) is 9.01. The van der Waals surface area contributed by atoms with Crippen molar-refractivity contribution in [3.63, 3.8) is 0 Å². The number of amides is 3. The summed E-state index contributed by atoms with van der Waals surface area (Å²) in [6.45, 7) is 7.80. The van der Waals surface area contributed by atoms with Gasteiger partial charge in [-0.1, -0.05) is 31.5 Å². The van der Waals surface area contributed by atoms with Crippen LogP contribution in [0.4, 0.5) is 4.79 Å². The van der Waals surface area contributed by atoms with E-state index in [4.69, 9.17) is 4.74 Å². The summed E-state index contributed by atoms with van der Waals surface area (Å²) in [6.07, 6.45) is 7.90. The van der Waals surface area contributed by atoms with Crippen molar-refractivity contribution in [1.82, 2.24) is 13.7 Å². The van der Waals surface area contributed by atoms with Gasteiger partial charge in [0.1, 0.15) is 12.1 Å². The highest BCUT2D eigenvalue weighted by Gasteiger charge is 2.41. The first-order valence-corrected chi connectivity index (χ1v) is 10.9. The molecule has 1 fully saturated rings. The lowest BCUT2D eigenvalue weighted by atomic mass is 10.1. The molecule has 7 nitrogen and oxygen atoms in total. The van der Waals surface area contributed by atoms with Crippen LogP contribution in [0.25, 0.3) is 0 Å². The van der Waals surface area contributed by atoms with E-state index in [1.165, 1.54) is 20.8 Å². The number of hydrogen-bond donors (Lipinski definition) is 0.